The van der Waals surface area contributed by atoms with Crippen molar-refractivity contribution in [3.63, 3.8) is 0 Å². The van der Waals surface area contributed by atoms with E-state index in [1.165, 1.54) is 41.5 Å². The number of thioether (sulfide) groups is 1. The van der Waals surface area contributed by atoms with E-state index < -0.39 is 0 Å². The molecule has 1 unspecified atom stereocenters. The zero-order valence-electron chi connectivity index (χ0n) is 11.7. The van der Waals surface area contributed by atoms with Gasteiger partial charge in [0.25, 0.3) is 0 Å². The van der Waals surface area contributed by atoms with Crippen LogP contribution >= 0.6 is 27.7 Å². The molecule has 2 nitrogen and oxygen atoms in total. The van der Waals surface area contributed by atoms with Crippen LogP contribution in [0, 0.1) is 0 Å². The molecular formula is C15H25BrN2S. The number of rotatable bonds is 10. The summed E-state index contributed by atoms with van der Waals surface area (Å²) >= 11 is 5.44. The van der Waals surface area contributed by atoms with Crippen molar-refractivity contribution in [2.24, 2.45) is 5.84 Å². The van der Waals surface area contributed by atoms with Crippen molar-refractivity contribution in [3.8, 4) is 0 Å². The molecule has 0 spiro atoms. The highest BCUT2D eigenvalue weighted by atomic mass is 79.9. The maximum absolute atomic E-state index is 5.64. The van der Waals surface area contributed by atoms with E-state index >= 15 is 0 Å². The summed E-state index contributed by atoms with van der Waals surface area (Å²) in [4.78, 5) is 1.29. The molecule has 3 N–H and O–H groups in total. The number of hydrogen-bond donors (Lipinski definition) is 2. The standard InChI is InChI=1S/C15H25BrN2S/c1-2-3-4-5-6-9-13(18-17)12-19-15-11-8-7-10-14(15)16/h7-8,10-11,13,18H,2-6,9,12,17H2,1H3. The molecule has 4 heteroatoms. The predicted octanol–water partition coefficient (Wildman–Crippen LogP) is 4.73. The molecule has 0 radical (unpaired) electrons. The first-order valence-corrected chi connectivity index (χ1v) is 8.89. The predicted molar refractivity (Wildman–Crippen MR) is 89.4 cm³/mol. The van der Waals surface area contributed by atoms with E-state index in [-0.39, 0.29) is 0 Å². The number of hydrazine groups is 1. The van der Waals surface area contributed by atoms with Gasteiger partial charge in [0, 0.05) is 21.2 Å². The van der Waals surface area contributed by atoms with Gasteiger partial charge in [0.2, 0.25) is 0 Å². The molecule has 0 aliphatic carbocycles. The van der Waals surface area contributed by atoms with Crippen LogP contribution in [-0.2, 0) is 0 Å². The van der Waals surface area contributed by atoms with Gasteiger partial charge >= 0.3 is 0 Å². The number of unbranched alkanes of at least 4 members (excludes halogenated alkanes) is 4. The van der Waals surface area contributed by atoms with Gasteiger partial charge in [-0.3, -0.25) is 11.3 Å². The average Bonchev–Trinajstić information content (AvgIpc) is 2.43. The van der Waals surface area contributed by atoms with Gasteiger partial charge in [0.15, 0.2) is 0 Å². The molecular weight excluding hydrogens is 320 g/mol. The van der Waals surface area contributed by atoms with Crippen LogP contribution in [0.15, 0.2) is 33.6 Å². The van der Waals surface area contributed by atoms with Crippen molar-refractivity contribution in [1.82, 2.24) is 5.43 Å². The van der Waals surface area contributed by atoms with E-state index in [0.29, 0.717) is 6.04 Å². The number of nitrogens with two attached hydrogens (primary N) is 1. The fraction of sp³-hybridized carbons (Fsp3) is 0.600. The Bertz CT molecular complexity index is 347. The van der Waals surface area contributed by atoms with E-state index in [1.54, 1.807) is 0 Å². The quantitative estimate of drug-likeness (QED) is 0.279. The highest BCUT2D eigenvalue weighted by Gasteiger charge is 2.08. The lowest BCUT2D eigenvalue weighted by Crippen LogP contribution is -2.36. The first-order valence-electron chi connectivity index (χ1n) is 7.11. The fourth-order valence-corrected chi connectivity index (χ4v) is 3.61. The molecule has 1 aromatic carbocycles. The Kier molecular flexibility index (Phi) is 9.61. The number of halogens is 1. The molecule has 0 aliphatic rings. The first kappa shape index (κ1) is 17.0. The second-order valence-electron chi connectivity index (χ2n) is 4.81. The summed E-state index contributed by atoms with van der Waals surface area (Å²) in [5, 5.41) is 0. The van der Waals surface area contributed by atoms with Crippen molar-refractivity contribution in [1.29, 1.82) is 0 Å². The van der Waals surface area contributed by atoms with Gasteiger partial charge in [-0.05, 0) is 34.5 Å². The number of hydrogen-bond acceptors (Lipinski definition) is 3. The number of nitrogens with one attached hydrogen (secondary N) is 1. The summed E-state index contributed by atoms with van der Waals surface area (Å²) < 4.78 is 1.17. The SMILES string of the molecule is CCCCCCCC(CSc1ccccc1Br)NN. The molecule has 0 saturated carbocycles. The van der Waals surface area contributed by atoms with Crippen LogP contribution in [0.25, 0.3) is 0 Å². The Morgan fingerprint density at radius 3 is 2.63 bits per heavy atom. The third-order valence-corrected chi connectivity index (χ3v) is 5.36. The Hall–Kier alpha value is -0.0300. The largest absolute Gasteiger partial charge is 0.271 e. The summed E-state index contributed by atoms with van der Waals surface area (Å²) in [5.41, 5.74) is 2.95. The molecule has 1 atom stereocenters. The monoisotopic (exact) mass is 344 g/mol. The lowest BCUT2D eigenvalue weighted by atomic mass is 10.1. The van der Waals surface area contributed by atoms with Crippen LogP contribution in [-0.4, -0.2) is 11.8 Å². The second kappa shape index (κ2) is 10.7. The summed E-state index contributed by atoms with van der Waals surface area (Å²) in [6.45, 7) is 2.25. The highest BCUT2D eigenvalue weighted by molar-refractivity contribution is 9.10. The van der Waals surface area contributed by atoms with Crippen LogP contribution in [0.5, 0.6) is 0 Å². The van der Waals surface area contributed by atoms with Crippen molar-refractivity contribution in [2.45, 2.75) is 56.4 Å². The van der Waals surface area contributed by atoms with E-state index in [4.69, 9.17) is 5.84 Å². The molecule has 0 aliphatic heterocycles. The minimum atomic E-state index is 0.402. The zero-order valence-corrected chi connectivity index (χ0v) is 14.1. The van der Waals surface area contributed by atoms with Crippen molar-refractivity contribution in [2.75, 3.05) is 5.75 Å². The smallest absolute Gasteiger partial charge is 0.0311 e. The van der Waals surface area contributed by atoms with Crippen molar-refractivity contribution in [3.05, 3.63) is 28.7 Å². The third-order valence-electron chi connectivity index (χ3n) is 3.17. The van der Waals surface area contributed by atoms with Crippen LogP contribution in [0.3, 0.4) is 0 Å². The van der Waals surface area contributed by atoms with Gasteiger partial charge in [0.05, 0.1) is 0 Å². The van der Waals surface area contributed by atoms with Gasteiger partial charge in [-0.1, -0.05) is 51.2 Å². The van der Waals surface area contributed by atoms with E-state index in [0.717, 1.165) is 12.2 Å². The molecule has 1 rings (SSSR count). The first-order chi connectivity index (χ1) is 9.27. The Morgan fingerprint density at radius 2 is 1.95 bits per heavy atom. The maximum atomic E-state index is 5.64. The van der Waals surface area contributed by atoms with Gasteiger partial charge in [0.1, 0.15) is 0 Å². The Balaban J connectivity index is 2.23. The molecule has 1 aromatic rings. The molecule has 108 valence electrons. The van der Waals surface area contributed by atoms with E-state index in [1.807, 2.05) is 17.8 Å². The summed E-state index contributed by atoms with van der Waals surface area (Å²) in [6, 6.07) is 8.74. The van der Waals surface area contributed by atoms with E-state index in [2.05, 4.69) is 46.5 Å². The molecule has 0 heterocycles. The van der Waals surface area contributed by atoms with Gasteiger partial charge in [-0.15, -0.1) is 11.8 Å². The van der Waals surface area contributed by atoms with Crippen LogP contribution < -0.4 is 11.3 Å². The lowest BCUT2D eigenvalue weighted by molar-refractivity contribution is 0.497. The van der Waals surface area contributed by atoms with Crippen LogP contribution in [0.4, 0.5) is 0 Å². The van der Waals surface area contributed by atoms with Crippen LogP contribution in [0.1, 0.15) is 45.4 Å². The van der Waals surface area contributed by atoms with Gasteiger partial charge in [-0.25, -0.2) is 0 Å². The van der Waals surface area contributed by atoms with Gasteiger partial charge < -0.3 is 0 Å². The molecule has 0 amide bonds. The van der Waals surface area contributed by atoms with E-state index in [9.17, 15) is 0 Å². The minimum Gasteiger partial charge on any atom is -0.271 e. The topological polar surface area (TPSA) is 38.0 Å². The molecule has 0 aromatic heterocycles. The van der Waals surface area contributed by atoms with Gasteiger partial charge in [-0.2, -0.15) is 0 Å². The second-order valence-corrected chi connectivity index (χ2v) is 6.72. The summed E-state index contributed by atoms with van der Waals surface area (Å²) in [7, 11) is 0. The van der Waals surface area contributed by atoms with Crippen molar-refractivity contribution >= 4 is 27.7 Å². The summed E-state index contributed by atoms with van der Waals surface area (Å²) in [6.07, 6.45) is 7.77. The third kappa shape index (κ3) is 7.35. The normalized spacial score (nSPS) is 12.6. The molecule has 0 bridgehead atoms. The average molecular weight is 345 g/mol. The van der Waals surface area contributed by atoms with Crippen molar-refractivity contribution < 1.29 is 0 Å². The molecule has 0 saturated heterocycles. The maximum Gasteiger partial charge on any atom is 0.0311 e. The lowest BCUT2D eigenvalue weighted by Gasteiger charge is -2.15. The minimum absolute atomic E-state index is 0.402. The molecule has 19 heavy (non-hydrogen) atoms. The number of benzene rings is 1. The molecule has 0 fully saturated rings. The highest BCUT2D eigenvalue weighted by Crippen LogP contribution is 2.27. The van der Waals surface area contributed by atoms with Crippen LogP contribution in [0.2, 0.25) is 0 Å². The fourth-order valence-electron chi connectivity index (χ4n) is 1.96. The Labute approximate surface area is 130 Å². The zero-order chi connectivity index (χ0) is 13.9. The Morgan fingerprint density at radius 1 is 1.21 bits per heavy atom. The summed E-state index contributed by atoms with van der Waals surface area (Å²) in [5.74, 6) is 6.66.